The fourth-order valence-corrected chi connectivity index (χ4v) is 4.44. The first-order valence-electron chi connectivity index (χ1n) is 8.93. The average molecular weight is 391 g/mol. The van der Waals surface area contributed by atoms with Gasteiger partial charge in [-0.1, -0.05) is 35.6 Å². The Morgan fingerprint density at radius 1 is 1.25 bits per heavy atom. The maximum Gasteiger partial charge on any atom is 0.281 e. The summed E-state index contributed by atoms with van der Waals surface area (Å²) in [4.78, 5) is 21.1. The molecule has 1 amide bonds. The van der Waals surface area contributed by atoms with E-state index in [-0.39, 0.29) is 5.91 Å². The van der Waals surface area contributed by atoms with Crippen LogP contribution in [-0.2, 0) is 6.54 Å². The highest BCUT2D eigenvalue weighted by atomic mass is 32.1. The van der Waals surface area contributed by atoms with Crippen LogP contribution in [0.15, 0.2) is 60.2 Å². The quantitative estimate of drug-likeness (QED) is 0.539. The number of ether oxygens (including phenoxy) is 2. The zero-order chi connectivity index (χ0) is 19.1. The molecular formula is C21H17N3O3S. The molecule has 2 aromatic heterocycles. The smallest absolute Gasteiger partial charge is 0.281 e. The third-order valence-corrected chi connectivity index (χ3v) is 5.72. The number of nitrogens with one attached hydrogen (secondary N) is 1. The molecule has 4 aromatic rings. The Bertz CT molecular complexity index is 1300. The molecule has 0 saturated carbocycles. The number of carbonyl (C=O) groups is 1. The van der Waals surface area contributed by atoms with Crippen LogP contribution in [-0.4, -0.2) is 28.7 Å². The number of aromatic amines is 1. The minimum Gasteiger partial charge on any atom is -0.486 e. The predicted molar refractivity (Wildman–Crippen MR) is 109 cm³/mol. The van der Waals surface area contributed by atoms with Crippen LogP contribution in [0.1, 0.15) is 10.4 Å². The van der Waals surface area contributed by atoms with Crippen molar-refractivity contribution >= 4 is 38.4 Å². The molecule has 2 aromatic carbocycles. The molecule has 0 saturated heterocycles. The number of rotatable bonds is 3. The number of amides is 1. The molecule has 1 N–H and O–H groups in total. The van der Waals surface area contributed by atoms with Crippen molar-refractivity contribution in [3.8, 4) is 11.5 Å². The molecule has 1 aliphatic heterocycles. The minimum atomic E-state index is -0.279. The SMILES string of the molecule is C=CCn1c(=NC(=O)c2c[nH]c3ccccc23)sc2cc3c(cc21)OCCO3. The number of fused-ring (bicyclic) bond motifs is 3. The molecule has 0 bridgehead atoms. The zero-order valence-corrected chi connectivity index (χ0v) is 15.8. The van der Waals surface area contributed by atoms with Gasteiger partial charge in [0.25, 0.3) is 5.91 Å². The fourth-order valence-electron chi connectivity index (χ4n) is 3.39. The number of hydrogen-bond acceptors (Lipinski definition) is 4. The van der Waals surface area contributed by atoms with Crippen molar-refractivity contribution in [2.75, 3.05) is 13.2 Å². The van der Waals surface area contributed by atoms with Gasteiger partial charge in [-0.15, -0.1) is 6.58 Å². The van der Waals surface area contributed by atoms with Gasteiger partial charge in [-0.25, -0.2) is 0 Å². The van der Waals surface area contributed by atoms with Crippen molar-refractivity contribution in [2.45, 2.75) is 6.54 Å². The number of H-pyrrole nitrogens is 1. The molecule has 0 spiro atoms. The van der Waals surface area contributed by atoms with E-state index in [2.05, 4.69) is 16.6 Å². The number of aromatic nitrogens is 2. The van der Waals surface area contributed by atoms with E-state index in [1.54, 1.807) is 12.3 Å². The zero-order valence-electron chi connectivity index (χ0n) is 15.0. The van der Waals surface area contributed by atoms with Crippen LogP contribution >= 0.6 is 11.3 Å². The van der Waals surface area contributed by atoms with Gasteiger partial charge in [-0.3, -0.25) is 4.79 Å². The van der Waals surface area contributed by atoms with Crippen molar-refractivity contribution in [3.05, 3.63) is 65.6 Å². The monoisotopic (exact) mass is 391 g/mol. The molecule has 1 aliphatic rings. The number of thiazole rings is 1. The van der Waals surface area contributed by atoms with Crippen LogP contribution in [0.25, 0.3) is 21.1 Å². The number of nitrogens with zero attached hydrogens (tertiary/aromatic N) is 2. The predicted octanol–water partition coefficient (Wildman–Crippen LogP) is 3.88. The highest BCUT2D eigenvalue weighted by molar-refractivity contribution is 7.16. The van der Waals surface area contributed by atoms with Crippen molar-refractivity contribution in [1.29, 1.82) is 0 Å². The number of benzene rings is 2. The molecule has 5 rings (SSSR count). The number of hydrogen-bond donors (Lipinski definition) is 1. The molecule has 0 unspecified atom stereocenters. The van der Waals surface area contributed by atoms with Crippen molar-refractivity contribution in [1.82, 2.24) is 9.55 Å². The summed E-state index contributed by atoms with van der Waals surface area (Å²) in [6, 6.07) is 11.6. The van der Waals surface area contributed by atoms with Gasteiger partial charge in [0, 0.05) is 35.8 Å². The lowest BCUT2D eigenvalue weighted by Gasteiger charge is -2.18. The van der Waals surface area contributed by atoms with Crippen molar-refractivity contribution < 1.29 is 14.3 Å². The summed E-state index contributed by atoms with van der Waals surface area (Å²) in [6.07, 6.45) is 3.50. The lowest BCUT2D eigenvalue weighted by Crippen LogP contribution is -2.17. The van der Waals surface area contributed by atoms with E-state index in [1.807, 2.05) is 41.0 Å². The second kappa shape index (κ2) is 6.69. The Morgan fingerprint density at radius 3 is 2.86 bits per heavy atom. The van der Waals surface area contributed by atoms with Gasteiger partial charge in [0.2, 0.25) is 0 Å². The van der Waals surface area contributed by atoms with Crippen LogP contribution in [0.5, 0.6) is 11.5 Å². The number of carbonyl (C=O) groups excluding carboxylic acids is 1. The first-order chi connectivity index (χ1) is 13.7. The molecule has 0 aliphatic carbocycles. The van der Waals surface area contributed by atoms with Crippen LogP contribution in [0.4, 0.5) is 0 Å². The second-order valence-electron chi connectivity index (χ2n) is 6.41. The molecule has 0 atom stereocenters. The van der Waals surface area contributed by atoms with Gasteiger partial charge in [-0.05, 0) is 6.07 Å². The topological polar surface area (TPSA) is 68.6 Å². The lowest BCUT2D eigenvalue weighted by molar-refractivity contribution is 0.0999. The Morgan fingerprint density at radius 2 is 2.04 bits per heavy atom. The molecule has 0 fully saturated rings. The molecule has 28 heavy (non-hydrogen) atoms. The Balaban J connectivity index is 1.67. The van der Waals surface area contributed by atoms with Crippen LogP contribution in [0.3, 0.4) is 0 Å². The summed E-state index contributed by atoms with van der Waals surface area (Å²) in [5, 5.41) is 0.866. The minimum absolute atomic E-state index is 0.279. The summed E-state index contributed by atoms with van der Waals surface area (Å²) in [5.41, 5.74) is 2.42. The van der Waals surface area contributed by atoms with Crippen LogP contribution in [0, 0.1) is 0 Å². The third-order valence-electron chi connectivity index (χ3n) is 4.68. The molecule has 6 nitrogen and oxygen atoms in total. The Kier molecular flexibility index (Phi) is 4.02. The molecule has 7 heteroatoms. The third kappa shape index (κ3) is 2.71. The second-order valence-corrected chi connectivity index (χ2v) is 7.42. The van der Waals surface area contributed by atoms with E-state index in [9.17, 15) is 4.79 Å². The van der Waals surface area contributed by atoms with Gasteiger partial charge in [0.05, 0.1) is 15.8 Å². The largest absolute Gasteiger partial charge is 0.486 e. The Labute approximate surface area is 164 Å². The summed E-state index contributed by atoms with van der Waals surface area (Å²) in [5.74, 6) is 1.16. The van der Waals surface area contributed by atoms with Gasteiger partial charge < -0.3 is 19.0 Å². The van der Waals surface area contributed by atoms with E-state index in [0.29, 0.717) is 35.9 Å². The summed E-state index contributed by atoms with van der Waals surface area (Å²) >= 11 is 1.45. The number of para-hydroxylation sites is 1. The summed E-state index contributed by atoms with van der Waals surface area (Å²) in [7, 11) is 0. The molecule has 3 heterocycles. The maximum absolute atomic E-state index is 12.9. The van der Waals surface area contributed by atoms with Gasteiger partial charge >= 0.3 is 0 Å². The maximum atomic E-state index is 12.9. The highest BCUT2D eigenvalue weighted by Gasteiger charge is 2.17. The standard InChI is InChI=1S/C21H17N3O3S/c1-2-7-24-16-10-17-18(27-9-8-26-17)11-19(16)28-21(24)23-20(25)14-12-22-15-6-4-3-5-13(14)15/h2-6,10-12,22H,1,7-9H2. The van der Waals surface area contributed by atoms with Gasteiger partial charge in [0.15, 0.2) is 16.3 Å². The van der Waals surface area contributed by atoms with Gasteiger partial charge in [0.1, 0.15) is 13.2 Å². The van der Waals surface area contributed by atoms with E-state index < -0.39 is 0 Å². The summed E-state index contributed by atoms with van der Waals surface area (Å²) in [6.45, 7) is 5.44. The summed E-state index contributed by atoms with van der Waals surface area (Å²) < 4.78 is 14.3. The van der Waals surface area contributed by atoms with E-state index >= 15 is 0 Å². The van der Waals surface area contributed by atoms with E-state index in [0.717, 1.165) is 26.9 Å². The normalized spacial score (nSPS) is 13.9. The van der Waals surface area contributed by atoms with Crippen LogP contribution < -0.4 is 14.3 Å². The van der Waals surface area contributed by atoms with Crippen LogP contribution in [0.2, 0.25) is 0 Å². The van der Waals surface area contributed by atoms with Crippen molar-refractivity contribution in [3.63, 3.8) is 0 Å². The first kappa shape index (κ1) is 16.8. The highest BCUT2D eigenvalue weighted by Crippen LogP contribution is 2.35. The molecular weight excluding hydrogens is 374 g/mol. The van der Waals surface area contributed by atoms with E-state index in [1.165, 1.54) is 11.3 Å². The molecule has 0 radical (unpaired) electrons. The first-order valence-corrected chi connectivity index (χ1v) is 9.75. The van der Waals surface area contributed by atoms with E-state index in [4.69, 9.17) is 9.47 Å². The fraction of sp³-hybridized carbons (Fsp3) is 0.143. The molecule has 140 valence electrons. The number of allylic oxidation sites excluding steroid dienone is 1. The van der Waals surface area contributed by atoms with Crippen molar-refractivity contribution in [2.24, 2.45) is 4.99 Å². The van der Waals surface area contributed by atoms with Gasteiger partial charge in [-0.2, -0.15) is 4.99 Å². The Hall–Kier alpha value is -3.32. The lowest BCUT2D eigenvalue weighted by atomic mass is 10.2. The average Bonchev–Trinajstić information content (AvgIpc) is 3.28.